The van der Waals surface area contributed by atoms with Crippen LogP contribution in [0.3, 0.4) is 0 Å². The summed E-state index contributed by atoms with van der Waals surface area (Å²) < 4.78 is 105. The molecule has 41 heteroatoms. The number of rotatable bonds is 68. The van der Waals surface area contributed by atoms with Gasteiger partial charge >= 0.3 is 29.8 Å². The fourth-order valence-electron chi connectivity index (χ4n) is 22.0. The molecule has 5 aliphatic heterocycles. The van der Waals surface area contributed by atoms with Gasteiger partial charge in [0.15, 0.2) is 37.2 Å². The molecule has 0 bridgehead atoms. The first kappa shape index (κ1) is 128. The maximum atomic E-state index is 14.8. The second kappa shape index (κ2) is 61.0. The van der Waals surface area contributed by atoms with Crippen LogP contribution in [0.2, 0.25) is 0 Å². The van der Waals surface area contributed by atoms with E-state index in [0.29, 0.717) is 89.3 Å². The van der Waals surface area contributed by atoms with E-state index in [4.69, 9.17) is 75.8 Å². The Balaban J connectivity index is 1.78. The molecule has 21 unspecified atom stereocenters. The van der Waals surface area contributed by atoms with E-state index in [1.807, 2.05) is 76.2 Å². The van der Waals surface area contributed by atoms with E-state index in [1.165, 1.54) is 32.5 Å². The van der Waals surface area contributed by atoms with Crippen molar-refractivity contribution in [3.05, 3.63) is 12.2 Å². The van der Waals surface area contributed by atoms with Crippen molar-refractivity contribution in [1.29, 1.82) is 0 Å². The van der Waals surface area contributed by atoms with Crippen molar-refractivity contribution in [2.45, 2.75) is 494 Å². The zero-order valence-corrected chi connectivity index (χ0v) is 89.8. The molecule has 5 rings (SSSR count). The first-order valence-corrected chi connectivity index (χ1v) is 53.7. The van der Waals surface area contributed by atoms with Gasteiger partial charge in [0.1, 0.15) is 123 Å². The number of unbranched alkanes of at least 4 members (excludes halogenated alkanes) is 3. The normalized spacial score (nSPS) is 31.4. The first-order valence-electron chi connectivity index (χ1n) is 51.9. The number of nitrogens with one attached hydrogen (secondary N) is 3. The third-order valence-corrected chi connectivity index (χ3v) is 30.6. The van der Waals surface area contributed by atoms with Gasteiger partial charge in [-0.2, -0.15) is 24.4 Å². The number of ether oxygens (including phenoxy) is 16. The molecular weight excluding hydrogens is 1900 g/mol. The maximum Gasteiger partial charge on any atom is 0.335 e. The Morgan fingerprint density at radius 2 is 0.901 bits per heavy atom. The number of thiol groups is 1. The average Bonchev–Trinajstić information content (AvgIpc) is 0.723. The first-order chi connectivity index (χ1) is 67.1. The van der Waals surface area contributed by atoms with E-state index >= 15 is 0 Å². The number of esters is 2. The third-order valence-electron chi connectivity index (χ3n) is 29.2. The number of carboxylic acids is 3. The Labute approximate surface area is 850 Å². The Morgan fingerprint density at radius 1 is 0.465 bits per heavy atom. The SMILES string of the molecule is C=C(C)C(=O)OCC1O[C@@H](O[C@H]2C(C(=O)O)O[C@@H](C(CCC)(CCCC)C(CC)(CCC)OC3C(NC(C)=O)[C@H](O[C@H]4C(C(=O)O)O[C@@H](C(C)(CC)CCCC)C(O)C4O)OC(COC(=O)C(C)CSCCOCCOCCS)[C@H]3O)[C@@H](O)C2O)C(NC(C)=O)C(OC(CCC)(CCCC)C(CC)(CCC)[C@@H]2OC(C(=O)O)[C@H](O[C@H](OC(C)CO)C(NC(C)=O)[C@@H](C)OC(C)(CCC)CCC)C(O)[C@@H]2O)[C@@H]1O. The molecule has 5 fully saturated rings. The molecule has 5 aliphatic rings. The number of amides is 3. The fraction of sp³-hybridized carbons (Fsp3) is 0.901. The van der Waals surface area contributed by atoms with Crippen LogP contribution in [0.15, 0.2) is 12.2 Å². The number of carboxylic acid groups (broad SMARTS) is 3. The van der Waals surface area contributed by atoms with Gasteiger partial charge in [0.05, 0.1) is 86.3 Å². The Hall–Kier alpha value is -4.72. The Bertz CT molecular complexity index is 3790. The summed E-state index contributed by atoms with van der Waals surface area (Å²) in [6, 6.07) is -4.87. The van der Waals surface area contributed by atoms with Gasteiger partial charge in [-0.1, -0.05) is 181 Å². The molecule has 0 aromatic rings. The predicted molar refractivity (Wildman–Crippen MR) is 528 cm³/mol. The molecule has 5 heterocycles. The standard InChI is InChI=1S/C101H179N3O36S2/c1-23-35-44-96(21,32-10)85-74(114)71(111)79(82(132-85)88(117)118)136-94-67(103-62(19)107)77(69(109)65(131-94)55-128-92(124)58(15)56-142-52-50-126-48-47-125-49-51-141)139-100(34-12,42-30-8)99(41-29-7,45-36-24-2)87-76(116)73(113)81(84(134-87)90(121)122)137-95-68(104-63(20)108)78(70(110)64(130-95)54-127-91(123)57(13)14)140-101(43-31-9,46-37-25-3)98(33-11,40-28-6)86-75(115)72(112)80(83(133-86)89(119)120)135-93(129-59(16)53-105)66(102-61(18)106)60(17)138-97(22,38-26-4)39-27-5/h58-60,64-87,93-95,105,109-116,141H,13,23-56H2,1-12,14-22H3,(H,102,106)(H,103,107)(H,104,108)(H,117,118)(H,119,120)(H,121,122)/t58?,59?,60-,64?,65?,66?,67?,68?,69-,70-,71?,72?,73?,74?,75+,76+,77?,78?,79-,80-,81-,82?,83?,84?,85-,86-,87-,93+,94+,95+,96?,98?,99?,100?,101?/m1/s1. The van der Waals surface area contributed by atoms with Crippen LogP contribution in [0, 0.1) is 22.2 Å². The van der Waals surface area contributed by atoms with Gasteiger partial charge in [-0.15, -0.1) is 0 Å². The topological polar surface area (TPSA) is 563 Å². The molecule has 0 aromatic heterocycles. The average molecular weight is 2080 g/mol. The second-order valence-electron chi connectivity index (χ2n) is 40.1. The number of hydrogen-bond acceptors (Lipinski definition) is 35. The second-order valence-corrected chi connectivity index (χ2v) is 41.7. The molecule has 15 N–H and O–H groups in total. The van der Waals surface area contributed by atoms with E-state index in [1.54, 1.807) is 34.6 Å². The molecule has 826 valence electrons. The summed E-state index contributed by atoms with van der Waals surface area (Å²) >= 11 is 5.56. The highest BCUT2D eigenvalue weighted by Crippen LogP contribution is 2.59. The van der Waals surface area contributed by atoms with Crippen molar-refractivity contribution in [1.82, 2.24) is 16.0 Å². The number of carbonyl (C=O) groups excluding carboxylic acids is 5. The summed E-state index contributed by atoms with van der Waals surface area (Å²) in [4.78, 5) is 112. The Kier molecular flexibility index (Phi) is 54.8. The van der Waals surface area contributed by atoms with Gasteiger partial charge in [0.25, 0.3) is 0 Å². The number of aliphatic carboxylic acids is 3. The van der Waals surface area contributed by atoms with E-state index in [0.717, 1.165) is 33.1 Å². The van der Waals surface area contributed by atoms with Crippen LogP contribution in [0.1, 0.15) is 299 Å². The number of aliphatic hydroxyl groups is 9. The summed E-state index contributed by atoms with van der Waals surface area (Å²) in [6.45, 7) is 38.7. The number of aliphatic hydroxyl groups excluding tert-OH is 9. The molecule has 3 amide bonds. The minimum Gasteiger partial charge on any atom is -0.479 e. The lowest BCUT2D eigenvalue weighted by atomic mass is 9.57. The van der Waals surface area contributed by atoms with E-state index in [-0.39, 0.29) is 94.8 Å². The van der Waals surface area contributed by atoms with Crippen molar-refractivity contribution in [2.75, 3.05) is 63.5 Å². The maximum absolute atomic E-state index is 14.8. The van der Waals surface area contributed by atoms with Crippen LogP contribution in [-0.2, 0) is 114 Å². The molecule has 0 aliphatic carbocycles. The predicted octanol–water partition coefficient (Wildman–Crippen LogP) is 8.26. The fourth-order valence-corrected chi connectivity index (χ4v) is 23.0. The monoisotopic (exact) mass is 2070 g/mol. The van der Waals surface area contributed by atoms with Crippen molar-refractivity contribution >= 4 is 72.0 Å². The highest BCUT2D eigenvalue weighted by molar-refractivity contribution is 7.99. The molecular formula is C101H179N3O36S2. The lowest BCUT2D eigenvalue weighted by Crippen LogP contribution is -2.74. The summed E-state index contributed by atoms with van der Waals surface area (Å²) in [7, 11) is 0. The third kappa shape index (κ3) is 32.7. The minimum atomic E-state index is -2.38. The molecule has 5 saturated heterocycles. The van der Waals surface area contributed by atoms with Crippen LogP contribution in [-0.4, -0.2) is 367 Å². The van der Waals surface area contributed by atoms with Gasteiger partial charge in [-0.05, 0) is 110 Å². The molecule has 0 radical (unpaired) electrons. The van der Waals surface area contributed by atoms with Crippen molar-refractivity contribution in [3.63, 3.8) is 0 Å². The van der Waals surface area contributed by atoms with Gasteiger partial charge < -0.3 is 153 Å². The lowest BCUT2D eigenvalue weighted by Gasteiger charge is -2.60. The zero-order chi connectivity index (χ0) is 107. The molecule has 0 spiro atoms. The Morgan fingerprint density at radius 3 is 1.35 bits per heavy atom. The highest BCUT2D eigenvalue weighted by Gasteiger charge is 2.69. The lowest BCUT2D eigenvalue weighted by molar-refractivity contribution is -0.359. The van der Waals surface area contributed by atoms with Crippen LogP contribution >= 0.6 is 24.4 Å². The number of carbonyl (C=O) groups is 8. The van der Waals surface area contributed by atoms with Gasteiger partial charge in [0, 0.05) is 54.4 Å². The minimum absolute atomic E-state index is 0.0000824. The number of thioether (sulfide) groups is 1. The zero-order valence-electron chi connectivity index (χ0n) is 88.1. The molecule has 39 nitrogen and oxygen atoms in total. The summed E-state index contributed by atoms with van der Waals surface area (Å²) in [5, 5.41) is 158. The van der Waals surface area contributed by atoms with E-state index in [9.17, 15) is 99.6 Å². The van der Waals surface area contributed by atoms with Crippen LogP contribution < -0.4 is 16.0 Å². The largest absolute Gasteiger partial charge is 0.479 e. The van der Waals surface area contributed by atoms with Crippen LogP contribution in [0.4, 0.5) is 0 Å². The highest BCUT2D eigenvalue weighted by atomic mass is 32.2. The van der Waals surface area contributed by atoms with Crippen LogP contribution in [0.5, 0.6) is 0 Å². The van der Waals surface area contributed by atoms with Crippen molar-refractivity contribution in [3.8, 4) is 0 Å². The van der Waals surface area contributed by atoms with E-state index < -0.39 is 284 Å². The molecule has 0 aromatic carbocycles. The smallest absolute Gasteiger partial charge is 0.335 e. The van der Waals surface area contributed by atoms with E-state index in [2.05, 4.69) is 35.2 Å². The van der Waals surface area contributed by atoms with Gasteiger partial charge in [-0.3, -0.25) is 19.2 Å². The summed E-state index contributed by atoms with van der Waals surface area (Å²) in [5.74, 6) is -8.49. The van der Waals surface area contributed by atoms with Gasteiger partial charge in [-0.25, -0.2) is 19.2 Å². The summed E-state index contributed by atoms with van der Waals surface area (Å²) in [6.07, 6.45) is -42.5. The van der Waals surface area contributed by atoms with Gasteiger partial charge in [0.2, 0.25) is 17.7 Å². The van der Waals surface area contributed by atoms with Crippen LogP contribution in [0.25, 0.3) is 0 Å². The molecule has 0 saturated carbocycles. The molecule has 142 heavy (non-hydrogen) atoms. The van der Waals surface area contributed by atoms with Crippen molar-refractivity contribution in [2.24, 2.45) is 22.2 Å². The van der Waals surface area contributed by atoms with Crippen molar-refractivity contribution < 1.29 is 175 Å². The number of hydrogen-bond donors (Lipinski definition) is 16. The molecule has 35 atom stereocenters. The summed E-state index contributed by atoms with van der Waals surface area (Å²) in [5.41, 5.74) is -8.82. The quantitative estimate of drug-likeness (QED) is 0.00895.